The van der Waals surface area contributed by atoms with Crippen LogP contribution >= 0.6 is 0 Å². The molecule has 0 saturated heterocycles. The van der Waals surface area contributed by atoms with Crippen LogP contribution in [0.1, 0.15) is 74.9 Å². The van der Waals surface area contributed by atoms with E-state index in [-0.39, 0.29) is 22.6 Å². The molecule has 0 saturated carbocycles. The average molecular weight is 647 g/mol. The first-order valence-electron chi connectivity index (χ1n) is 16.1. The van der Waals surface area contributed by atoms with Crippen LogP contribution in [0.25, 0.3) is 12.2 Å². The second-order valence-electron chi connectivity index (χ2n) is 13.8. The molecule has 0 aliphatic heterocycles. The highest BCUT2D eigenvalue weighted by Crippen LogP contribution is 2.25. The molecule has 0 spiro atoms. The number of nitrogens with one attached hydrogen (secondary N) is 2. The Kier molecular flexibility index (Phi) is 13.0. The first-order valence-corrected chi connectivity index (χ1v) is 16.1. The molecule has 0 fully saturated rings. The molecular formula is C42H50N2O4. The Morgan fingerprint density at radius 2 is 0.875 bits per heavy atom. The van der Waals surface area contributed by atoms with Crippen LogP contribution in [0.2, 0.25) is 0 Å². The van der Waals surface area contributed by atoms with Gasteiger partial charge in [0.1, 0.15) is 11.5 Å². The third kappa shape index (κ3) is 11.6. The van der Waals surface area contributed by atoms with Gasteiger partial charge in [-0.3, -0.25) is 9.59 Å². The van der Waals surface area contributed by atoms with E-state index in [1.165, 1.54) is 11.1 Å². The van der Waals surface area contributed by atoms with Crippen LogP contribution in [0.3, 0.4) is 0 Å². The van der Waals surface area contributed by atoms with E-state index in [0.29, 0.717) is 0 Å². The van der Waals surface area contributed by atoms with Crippen molar-refractivity contribution in [1.82, 2.24) is 0 Å². The quantitative estimate of drug-likeness (QED) is 0.187. The van der Waals surface area contributed by atoms with Crippen molar-refractivity contribution in [3.63, 3.8) is 0 Å². The number of aryl methyl sites for hydroxylation is 2. The molecule has 0 bridgehead atoms. The van der Waals surface area contributed by atoms with Gasteiger partial charge in [0.25, 0.3) is 0 Å². The van der Waals surface area contributed by atoms with E-state index in [9.17, 15) is 9.59 Å². The van der Waals surface area contributed by atoms with Gasteiger partial charge in [0, 0.05) is 23.5 Å². The molecule has 0 unspecified atom stereocenters. The highest BCUT2D eigenvalue weighted by Gasteiger charge is 2.13. The van der Waals surface area contributed by atoms with E-state index >= 15 is 0 Å². The van der Waals surface area contributed by atoms with Gasteiger partial charge < -0.3 is 20.1 Å². The number of hydrogen-bond acceptors (Lipinski definition) is 4. The normalized spacial score (nSPS) is 11.5. The fraction of sp³-hybridized carbons (Fsp3) is 0.286. The van der Waals surface area contributed by atoms with Crippen LogP contribution < -0.4 is 20.1 Å². The van der Waals surface area contributed by atoms with Crippen LogP contribution in [-0.4, -0.2) is 26.0 Å². The van der Waals surface area contributed by atoms with Gasteiger partial charge in [0.05, 0.1) is 14.2 Å². The van der Waals surface area contributed by atoms with E-state index in [2.05, 4.69) is 76.4 Å². The SMILES string of the molecule is COc1ccc(NC(=O)/C=C/c2ccc(C(C)(C)C)cc2)c(C)c1.COc1ccc(NC(=O)/C=C/c2ccc(C(C)(C)C)cc2)c(C)c1. The molecule has 48 heavy (non-hydrogen) atoms. The number of amides is 2. The van der Waals surface area contributed by atoms with Crippen molar-refractivity contribution in [3.05, 3.63) is 130 Å². The lowest BCUT2D eigenvalue weighted by Gasteiger charge is -2.18. The summed E-state index contributed by atoms with van der Waals surface area (Å²) in [5.41, 5.74) is 8.32. The zero-order valence-electron chi connectivity index (χ0n) is 30.0. The first kappa shape index (κ1) is 37.4. The summed E-state index contributed by atoms with van der Waals surface area (Å²) < 4.78 is 10.3. The molecule has 6 nitrogen and oxygen atoms in total. The molecule has 0 atom stereocenters. The van der Waals surface area contributed by atoms with Crippen LogP contribution in [0.5, 0.6) is 11.5 Å². The summed E-state index contributed by atoms with van der Waals surface area (Å²) >= 11 is 0. The second-order valence-corrected chi connectivity index (χ2v) is 13.8. The molecule has 0 aliphatic rings. The minimum atomic E-state index is -0.150. The van der Waals surface area contributed by atoms with E-state index in [0.717, 1.165) is 45.1 Å². The Bertz CT molecular complexity index is 1610. The minimum Gasteiger partial charge on any atom is -0.497 e. The Labute approximate surface area is 286 Å². The number of carbonyl (C=O) groups excluding carboxylic acids is 2. The number of hydrogen-bond donors (Lipinski definition) is 2. The van der Waals surface area contributed by atoms with Crippen molar-refractivity contribution in [3.8, 4) is 11.5 Å². The summed E-state index contributed by atoms with van der Waals surface area (Å²) in [7, 11) is 3.25. The Balaban J connectivity index is 0.000000260. The number of ether oxygens (including phenoxy) is 2. The van der Waals surface area contributed by atoms with Crippen molar-refractivity contribution in [2.24, 2.45) is 0 Å². The smallest absolute Gasteiger partial charge is 0.248 e. The van der Waals surface area contributed by atoms with Gasteiger partial charge in [-0.25, -0.2) is 0 Å². The largest absolute Gasteiger partial charge is 0.497 e. The maximum Gasteiger partial charge on any atom is 0.248 e. The van der Waals surface area contributed by atoms with Gasteiger partial charge in [0.2, 0.25) is 11.8 Å². The molecular weight excluding hydrogens is 596 g/mol. The maximum absolute atomic E-state index is 12.1. The number of carbonyl (C=O) groups is 2. The molecule has 0 aliphatic carbocycles. The molecule has 4 aromatic rings. The molecule has 2 amide bonds. The summed E-state index contributed by atoms with van der Waals surface area (Å²) in [6, 6.07) is 27.7. The van der Waals surface area contributed by atoms with Crippen LogP contribution in [0, 0.1) is 13.8 Å². The summed E-state index contributed by atoms with van der Waals surface area (Å²) in [6.07, 6.45) is 6.74. The third-order valence-corrected chi connectivity index (χ3v) is 7.79. The van der Waals surface area contributed by atoms with Crippen LogP contribution in [-0.2, 0) is 20.4 Å². The van der Waals surface area contributed by atoms with E-state index in [1.54, 1.807) is 26.4 Å². The topological polar surface area (TPSA) is 76.7 Å². The van der Waals surface area contributed by atoms with Gasteiger partial charge >= 0.3 is 0 Å². The summed E-state index contributed by atoms with van der Waals surface area (Å²) in [5, 5.41) is 5.77. The van der Waals surface area contributed by atoms with E-state index < -0.39 is 0 Å². The molecule has 6 heteroatoms. The zero-order valence-corrected chi connectivity index (χ0v) is 30.0. The predicted molar refractivity (Wildman–Crippen MR) is 201 cm³/mol. The predicted octanol–water partition coefficient (Wildman–Crippen LogP) is 9.91. The standard InChI is InChI=1S/2C21H25NO2/c2*1-15-14-18(24-5)11-12-19(15)22-20(23)13-8-16-6-9-17(10-7-16)21(2,3)4/h2*6-14H,1-5H3,(H,22,23)/b2*13-8+. The third-order valence-electron chi connectivity index (χ3n) is 7.79. The fourth-order valence-electron chi connectivity index (χ4n) is 4.69. The summed E-state index contributed by atoms with van der Waals surface area (Å²) in [6.45, 7) is 17.0. The Hall–Kier alpha value is -5.10. The molecule has 4 rings (SSSR count). The molecule has 0 heterocycles. The molecule has 0 aromatic heterocycles. The lowest BCUT2D eigenvalue weighted by atomic mass is 9.87. The Morgan fingerprint density at radius 1 is 0.542 bits per heavy atom. The van der Waals surface area contributed by atoms with Crippen LogP contribution in [0.4, 0.5) is 11.4 Å². The second kappa shape index (κ2) is 16.6. The number of benzene rings is 4. The van der Waals surface area contributed by atoms with Crippen LogP contribution in [0.15, 0.2) is 97.1 Å². The summed E-state index contributed by atoms with van der Waals surface area (Å²) in [5.74, 6) is 1.26. The lowest BCUT2D eigenvalue weighted by molar-refractivity contribution is -0.112. The lowest BCUT2D eigenvalue weighted by Crippen LogP contribution is -2.10. The number of rotatable bonds is 8. The van der Waals surface area contributed by atoms with Crippen molar-refractivity contribution >= 4 is 35.3 Å². The molecule has 0 radical (unpaired) electrons. The van der Waals surface area contributed by atoms with E-state index in [1.807, 2.05) is 86.7 Å². The maximum atomic E-state index is 12.1. The molecule has 2 N–H and O–H groups in total. The van der Waals surface area contributed by atoms with Gasteiger partial charge in [-0.05, 0) is 107 Å². The minimum absolute atomic E-state index is 0.130. The highest BCUT2D eigenvalue weighted by molar-refractivity contribution is 6.03. The van der Waals surface area contributed by atoms with Gasteiger partial charge in [0.15, 0.2) is 0 Å². The van der Waals surface area contributed by atoms with Crippen molar-refractivity contribution < 1.29 is 19.1 Å². The molecule has 252 valence electrons. The number of anilines is 2. The van der Waals surface area contributed by atoms with Gasteiger partial charge in [-0.2, -0.15) is 0 Å². The Morgan fingerprint density at radius 3 is 1.15 bits per heavy atom. The molecule has 4 aromatic carbocycles. The first-order chi connectivity index (χ1) is 22.6. The summed E-state index contributed by atoms with van der Waals surface area (Å²) in [4.78, 5) is 24.2. The van der Waals surface area contributed by atoms with Crippen molar-refractivity contribution in [2.45, 2.75) is 66.2 Å². The number of methoxy groups -OCH3 is 2. The fourth-order valence-corrected chi connectivity index (χ4v) is 4.69. The van der Waals surface area contributed by atoms with Crippen molar-refractivity contribution in [2.75, 3.05) is 24.9 Å². The highest BCUT2D eigenvalue weighted by atomic mass is 16.5. The van der Waals surface area contributed by atoms with Gasteiger partial charge in [-0.15, -0.1) is 0 Å². The zero-order chi connectivity index (χ0) is 35.5. The average Bonchev–Trinajstić information content (AvgIpc) is 3.04. The van der Waals surface area contributed by atoms with Crippen molar-refractivity contribution in [1.29, 1.82) is 0 Å². The van der Waals surface area contributed by atoms with Gasteiger partial charge in [-0.1, -0.05) is 90.1 Å². The van der Waals surface area contributed by atoms with E-state index in [4.69, 9.17) is 9.47 Å². The monoisotopic (exact) mass is 646 g/mol.